The highest BCUT2D eigenvalue weighted by Crippen LogP contribution is 2.48. The quantitative estimate of drug-likeness (QED) is 0.544. The summed E-state index contributed by atoms with van der Waals surface area (Å²) in [7, 11) is 0. The van der Waals surface area contributed by atoms with Gasteiger partial charge in [0, 0.05) is 53.7 Å². The molecular weight excluding hydrogens is 409 g/mol. The molecule has 5 rings (SSSR count). The van der Waals surface area contributed by atoms with Gasteiger partial charge in [0.1, 0.15) is 6.17 Å². The molecular formula is C26H29ClFN3. The zero-order valence-corrected chi connectivity index (χ0v) is 18.4. The average Bonchev–Trinajstić information content (AvgIpc) is 3.56. The van der Waals surface area contributed by atoms with Gasteiger partial charge < -0.3 is 5.41 Å². The fraction of sp³-hybridized carbons (Fsp3) is 0.462. The van der Waals surface area contributed by atoms with Crippen molar-refractivity contribution in [2.45, 2.75) is 56.2 Å². The Hall–Kier alpha value is -2.04. The molecule has 1 aromatic carbocycles. The van der Waals surface area contributed by atoms with E-state index in [1.165, 1.54) is 17.5 Å². The smallest absolute Gasteiger partial charge is 0.125 e. The van der Waals surface area contributed by atoms with E-state index in [9.17, 15) is 4.39 Å². The topological polar surface area (TPSA) is 40.0 Å². The minimum absolute atomic E-state index is 0.445. The Morgan fingerprint density at radius 2 is 1.90 bits per heavy atom. The molecule has 0 amide bonds. The third-order valence-corrected chi connectivity index (χ3v) is 7.63. The lowest BCUT2D eigenvalue weighted by Gasteiger charge is -2.43. The molecule has 0 bridgehead atoms. The Kier molecular flexibility index (Phi) is 5.94. The lowest BCUT2D eigenvalue weighted by atomic mass is 9.79. The molecule has 1 unspecified atom stereocenters. The van der Waals surface area contributed by atoms with Crippen molar-refractivity contribution in [3.05, 3.63) is 70.0 Å². The molecule has 1 saturated heterocycles. The SMILES string of the molecule is N=Cc1cc(Cl)c(C2CCC(N3CC(F)C3)CC2)cc1/C=C/C1C[C@H]1c1ccccn1. The number of pyridine rings is 1. The first-order valence-corrected chi connectivity index (χ1v) is 11.8. The largest absolute Gasteiger partial charge is 0.308 e. The van der Waals surface area contributed by atoms with Crippen molar-refractivity contribution >= 4 is 23.9 Å². The summed E-state index contributed by atoms with van der Waals surface area (Å²) >= 11 is 6.65. The first-order chi connectivity index (χ1) is 15.1. The van der Waals surface area contributed by atoms with Crippen LogP contribution >= 0.6 is 11.6 Å². The highest BCUT2D eigenvalue weighted by Gasteiger charge is 2.37. The predicted molar refractivity (Wildman–Crippen MR) is 125 cm³/mol. The number of hydrogen-bond acceptors (Lipinski definition) is 3. The van der Waals surface area contributed by atoms with Crippen LogP contribution in [0.1, 0.15) is 66.3 Å². The summed E-state index contributed by atoms with van der Waals surface area (Å²) in [6, 6.07) is 10.8. The Morgan fingerprint density at radius 1 is 1.10 bits per heavy atom. The van der Waals surface area contributed by atoms with Crippen molar-refractivity contribution in [2.24, 2.45) is 5.92 Å². The third-order valence-electron chi connectivity index (χ3n) is 7.31. The van der Waals surface area contributed by atoms with Gasteiger partial charge in [-0.2, -0.15) is 0 Å². The van der Waals surface area contributed by atoms with Crippen LogP contribution in [0, 0.1) is 11.3 Å². The number of rotatable bonds is 6. The number of alkyl halides is 1. The molecule has 3 fully saturated rings. The molecule has 2 saturated carbocycles. The van der Waals surface area contributed by atoms with E-state index in [-0.39, 0.29) is 0 Å². The van der Waals surface area contributed by atoms with Crippen LogP contribution in [0.5, 0.6) is 0 Å². The number of nitrogens with zero attached hydrogens (tertiary/aromatic N) is 2. The van der Waals surface area contributed by atoms with Crippen molar-refractivity contribution in [3.63, 3.8) is 0 Å². The van der Waals surface area contributed by atoms with Gasteiger partial charge in [-0.3, -0.25) is 9.88 Å². The van der Waals surface area contributed by atoms with Crippen molar-refractivity contribution in [1.82, 2.24) is 9.88 Å². The number of hydrogen-bond donors (Lipinski definition) is 1. The molecule has 2 heterocycles. The van der Waals surface area contributed by atoms with Crippen molar-refractivity contribution in [1.29, 1.82) is 5.41 Å². The average molecular weight is 438 g/mol. The number of nitrogens with one attached hydrogen (secondary N) is 1. The molecule has 2 atom stereocenters. The molecule has 3 aliphatic rings. The summed E-state index contributed by atoms with van der Waals surface area (Å²) in [5.41, 5.74) is 4.31. The second-order valence-corrected chi connectivity index (χ2v) is 9.73. The molecule has 3 nitrogen and oxygen atoms in total. The van der Waals surface area contributed by atoms with Gasteiger partial charge in [0.05, 0.1) is 0 Å². The van der Waals surface area contributed by atoms with Crippen LogP contribution in [0.2, 0.25) is 5.02 Å². The van der Waals surface area contributed by atoms with Crippen LogP contribution in [0.25, 0.3) is 6.08 Å². The molecule has 31 heavy (non-hydrogen) atoms. The fourth-order valence-electron chi connectivity index (χ4n) is 5.30. The molecule has 0 spiro atoms. The number of aromatic nitrogens is 1. The monoisotopic (exact) mass is 437 g/mol. The van der Waals surface area contributed by atoms with E-state index in [4.69, 9.17) is 17.0 Å². The summed E-state index contributed by atoms with van der Waals surface area (Å²) < 4.78 is 13.2. The Labute approximate surface area is 188 Å². The van der Waals surface area contributed by atoms with E-state index in [1.54, 1.807) is 0 Å². The van der Waals surface area contributed by atoms with Crippen molar-refractivity contribution in [3.8, 4) is 0 Å². The normalized spacial score (nSPS) is 29.1. The maximum Gasteiger partial charge on any atom is 0.125 e. The van der Waals surface area contributed by atoms with Crippen molar-refractivity contribution < 1.29 is 4.39 Å². The summed E-state index contributed by atoms with van der Waals surface area (Å²) in [6.45, 7) is 1.22. The van der Waals surface area contributed by atoms with Crippen LogP contribution in [-0.2, 0) is 0 Å². The predicted octanol–water partition coefficient (Wildman–Crippen LogP) is 6.23. The fourth-order valence-corrected chi connectivity index (χ4v) is 5.63. The van der Waals surface area contributed by atoms with Gasteiger partial charge in [-0.05, 0) is 79.3 Å². The Balaban J connectivity index is 1.28. The first kappa shape index (κ1) is 20.8. The van der Waals surface area contributed by atoms with Gasteiger partial charge >= 0.3 is 0 Å². The van der Waals surface area contributed by atoms with Crippen LogP contribution in [0.15, 0.2) is 42.6 Å². The van der Waals surface area contributed by atoms with E-state index in [1.807, 2.05) is 24.4 Å². The summed E-state index contributed by atoms with van der Waals surface area (Å²) in [5.74, 6) is 1.47. The molecule has 2 aliphatic carbocycles. The van der Waals surface area contributed by atoms with Crippen LogP contribution in [0.3, 0.4) is 0 Å². The van der Waals surface area contributed by atoms with Crippen molar-refractivity contribution in [2.75, 3.05) is 13.1 Å². The minimum Gasteiger partial charge on any atom is -0.308 e. The zero-order valence-electron chi connectivity index (χ0n) is 17.7. The van der Waals surface area contributed by atoms with E-state index >= 15 is 0 Å². The Morgan fingerprint density at radius 3 is 2.58 bits per heavy atom. The maximum absolute atomic E-state index is 13.2. The number of halogens is 2. The van der Waals surface area contributed by atoms with Gasteiger partial charge in [-0.15, -0.1) is 0 Å². The molecule has 0 radical (unpaired) electrons. The van der Waals surface area contributed by atoms with Crippen LogP contribution in [-0.4, -0.2) is 41.4 Å². The van der Waals surface area contributed by atoms with E-state index in [0.29, 0.717) is 36.9 Å². The van der Waals surface area contributed by atoms with Gasteiger partial charge in [-0.25, -0.2) is 4.39 Å². The lowest BCUT2D eigenvalue weighted by molar-refractivity contribution is 0.0120. The zero-order chi connectivity index (χ0) is 21.4. The molecule has 5 heteroatoms. The van der Waals surface area contributed by atoms with E-state index in [2.05, 4.69) is 34.2 Å². The summed E-state index contributed by atoms with van der Waals surface area (Å²) in [6.07, 6.45) is 12.6. The van der Waals surface area contributed by atoms with Gasteiger partial charge in [-0.1, -0.05) is 29.8 Å². The first-order valence-electron chi connectivity index (χ1n) is 11.4. The number of allylic oxidation sites excluding steroid dienone is 1. The standard InChI is InChI=1S/C26H29ClFN3/c27-25-13-20(14-29)18(4-5-19-12-24(19)26-3-1-2-10-30-26)11-23(25)17-6-8-22(9-7-17)31-15-21(28)16-31/h1-5,10-11,13-14,17,19,21-22,24,29H,6-9,12,15-16H2/b5-4+,29-14?/t17?,19?,22?,24-/m1/s1. The van der Waals surface area contributed by atoms with Crippen LogP contribution in [0.4, 0.5) is 4.39 Å². The van der Waals surface area contributed by atoms with E-state index in [0.717, 1.165) is 48.3 Å². The maximum atomic E-state index is 13.2. The molecule has 1 aliphatic heterocycles. The van der Waals surface area contributed by atoms with E-state index < -0.39 is 6.17 Å². The van der Waals surface area contributed by atoms with Gasteiger partial charge in [0.25, 0.3) is 0 Å². The second-order valence-electron chi connectivity index (χ2n) is 9.32. The number of likely N-dealkylation sites (tertiary alicyclic amines) is 1. The molecule has 1 aromatic heterocycles. The minimum atomic E-state index is -0.626. The highest BCUT2D eigenvalue weighted by atomic mass is 35.5. The van der Waals surface area contributed by atoms with Gasteiger partial charge in [0.15, 0.2) is 0 Å². The lowest BCUT2D eigenvalue weighted by Crippen LogP contribution is -2.54. The van der Waals surface area contributed by atoms with Gasteiger partial charge in [0.2, 0.25) is 0 Å². The van der Waals surface area contributed by atoms with Crippen LogP contribution < -0.4 is 0 Å². The highest BCUT2D eigenvalue weighted by molar-refractivity contribution is 6.31. The second kappa shape index (κ2) is 8.84. The molecule has 1 N–H and O–H groups in total. The third kappa shape index (κ3) is 4.47. The Bertz CT molecular complexity index is 962. The number of benzene rings is 1. The molecule has 162 valence electrons. The molecule has 2 aromatic rings. The summed E-state index contributed by atoms with van der Waals surface area (Å²) in [4.78, 5) is 6.78. The summed E-state index contributed by atoms with van der Waals surface area (Å²) in [5, 5.41) is 8.59.